The van der Waals surface area contributed by atoms with Gasteiger partial charge in [-0.3, -0.25) is 0 Å². The summed E-state index contributed by atoms with van der Waals surface area (Å²) in [5, 5.41) is 22.2. The van der Waals surface area contributed by atoms with Crippen LogP contribution in [0.5, 0.6) is 0 Å². The molecule has 0 saturated heterocycles. The molecule has 0 atom stereocenters. The second-order valence-corrected chi connectivity index (χ2v) is 13.8. The first kappa shape index (κ1) is 42.6. The largest absolute Gasteiger partial charge is 0.363 e. The minimum Gasteiger partial charge on any atom is -0.363 e. The number of hydrogen-bond acceptors (Lipinski definition) is 4. The van der Waals surface area contributed by atoms with E-state index >= 15 is 0 Å². The van der Waals surface area contributed by atoms with Crippen LogP contribution >= 0.6 is 24.4 Å². The van der Waals surface area contributed by atoms with Crippen LogP contribution in [0.15, 0.2) is 121 Å². The minimum absolute atomic E-state index is 0. The van der Waals surface area contributed by atoms with Crippen LogP contribution in [0.3, 0.4) is 0 Å². The summed E-state index contributed by atoms with van der Waals surface area (Å²) >= 11 is 11.1. The zero-order valence-corrected chi connectivity index (χ0v) is 31.8. The molecule has 0 aliphatic carbocycles. The molecule has 0 aliphatic heterocycles. The molecule has 8 heteroatoms. The van der Waals surface area contributed by atoms with Crippen LogP contribution < -0.4 is 31.9 Å². The van der Waals surface area contributed by atoms with E-state index in [9.17, 15) is 0 Å². The van der Waals surface area contributed by atoms with Crippen LogP contribution in [0.25, 0.3) is 0 Å². The Labute approximate surface area is 325 Å². The Morgan fingerprint density at radius 3 is 0.981 bits per heavy atom. The molecule has 4 aromatic carbocycles. The number of hydrogen-bond donors (Lipinski definition) is 6. The standard InChI is InChI=1S/C43H58N6S2.CH4/c50-42(48-34-40(36-20-8-4-9-21-36)37-22-10-5-11-23-37)46-32-18-30-44-28-16-2-1-3-17-29-45-31-19-33-47-43(51)49-35-41(38-24-12-6-13-25-38)39-26-14-7-15-27-39;/h4-15,20-27,40-41,44-45H,1-3,16-19,28-35H2,(H2,46,48,50)(H2,47,49,51);1H4. The smallest absolute Gasteiger partial charge is 0.166 e. The highest BCUT2D eigenvalue weighted by atomic mass is 32.1. The van der Waals surface area contributed by atoms with Crippen molar-refractivity contribution >= 4 is 34.7 Å². The van der Waals surface area contributed by atoms with Gasteiger partial charge >= 0.3 is 0 Å². The van der Waals surface area contributed by atoms with E-state index in [0.29, 0.717) is 0 Å². The van der Waals surface area contributed by atoms with Crippen molar-refractivity contribution in [3.8, 4) is 0 Å². The molecule has 0 aromatic heterocycles. The predicted octanol–water partition coefficient (Wildman–Crippen LogP) is 8.12. The molecule has 280 valence electrons. The van der Waals surface area contributed by atoms with Gasteiger partial charge in [0.1, 0.15) is 0 Å². The molecule has 0 heterocycles. The molecule has 0 bridgehead atoms. The number of benzene rings is 4. The van der Waals surface area contributed by atoms with Crippen molar-refractivity contribution in [3.05, 3.63) is 144 Å². The lowest BCUT2D eigenvalue weighted by Gasteiger charge is -2.20. The lowest BCUT2D eigenvalue weighted by Crippen LogP contribution is -2.38. The SMILES string of the molecule is C.S=C(NCCCNCCCCCCCNCCCNC(=S)NCC(c1ccccc1)c1ccccc1)NCC(c1ccccc1)c1ccccc1. The molecule has 0 unspecified atom stereocenters. The van der Waals surface area contributed by atoms with Gasteiger partial charge in [-0.05, 0) is 98.6 Å². The molecule has 6 nitrogen and oxygen atoms in total. The number of rotatable bonds is 24. The van der Waals surface area contributed by atoms with Crippen LogP contribution in [0.2, 0.25) is 0 Å². The average molecular weight is 739 g/mol. The highest BCUT2D eigenvalue weighted by molar-refractivity contribution is 7.80. The van der Waals surface area contributed by atoms with Gasteiger partial charge in [0.15, 0.2) is 10.2 Å². The van der Waals surface area contributed by atoms with Gasteiger partial charge in [-0.25, -0.2) is 0 Å². The van der Waals surface area contributed by atoms with E-state index in [1.807, 2.05) is 0 Å². The molecular formula is C44H62N6S2. The van der Waals surface area contributed by atoms with Gasteiger partial charge in [0, 0.05) is 38.0 Å². The Kier molecular flexibility index (Phi) is 22.0. The van der Waals surface area contributed by atoms with Gasteiger partial charge in [0.25, 0.3) is 0 Å². The zero-order valence-electron chi connectivity index (χ0n) is 30.1. The van der Waals surface area contributed by atoms with Gasteiger partial charge in [-0.15, -0.1) is 0 Å². The molecule has 0 saturated carbocycles. The van der Waals surface area contributed by atoms with Crippen LogP contribution in [0.4, 0.5) is 0 Å². The van der Waals surface area contributed by atoms with Gasteiger partial charge in [0.05, 0.1) is 0 Å². The van der Waals surface area contributed by atoms with Crippen LogP contribution in [-0.2, 0) is 0 Å². The maximum absolute atomic E-state index is 5.57. The molecule has 0 spiro atoms. The summed E-state index contributed by atoms with van der Waals surface area (Å²) in [4.78, 5) is 0. The van der Waals surface area contributed by atoms with Crippen LogP contribution in [0, 0.1) is 0 Å². The van der Waals surface area contributed by atoms with E-state index < -0.39 is 0 Å². The Hall–Kier alpha value is -3.82. The van der Waals surface area contributed by atoms with Crippen molar-refractivity contribution in [2.75, 3.05) is 52.4 Å². The van der Waals surface area contributed by atoms with Crippen molar-refractivity contribution in [3.63, 3.8) is 0 Å². The summed E-state index contributed by atoms with van der Waals surface area (Å²) in [6.07, 6.45) is 8.44. The molecule has 0 amide bonds. The summed E-state index contributed by atoms with van der Waals surface area (Å²) in [7, 11) is 0. The summed E-state index contributed by atoms with van der Waals surface area (Å²) in [6.45, 7) is 7.46. The highest BCUT2D eigenvalue weighted by Gasteiger charge is 2.15. The quantitative estimate of drug-likeness (QED) is 0.0319. The number of nitrogens with one attached hydrogen (secondary N) is 6. The Morgan fingerprint density at radius 2 is 0.654 bits per heavy atom. The fourth-order valence-corrected chi connectivity index (χ4v) is 6.59. The maximum Gasteiger partial charge on any atom is 0.166 e. The van der Waals surface area contributed by atoms with E-state index in [4.69, 9.17) is 24.4 Å². The Balaban J connectivity index is 0.00000729. The number of unbranched alkanes of at least 4 members (excludes halogenated alkanes) is 4. The lowest BCUT2D eigenvalue weighted by molar-refractivity contribution is 0.546. The number of thiocarbonyl (C=S) groups is 2. The third-order valence-electron chi connectivity index (χ3n) is 9.08. The Morgan fingerprint density at radius 1 is 0.365 bits per heavy atom. The van der Waals surface area contributed by atoms with Gasteiger partial charge < -0.3 is 31.9 Å². The van der Waals surface area contributed by atoms with Gasteiger partial charge in [-0.2, -0.15) is 0 Å². The molecule has 0 radical (unpaired) electrons. The van der Waals surface area contributed by atoms with E-state index in [0.717, 1.165) is 75.4 Å². The fraction of sp³-hybridized carbons (Fsp3) is 0.409. The summed E-state index contributed by atoms with van der Waals surface area (Å²) in [5.74, 6) is 0.521. The lowest BCUT2D eigenvalue weighted by atomic mass is 9.91. The van der Waals surface area contributed by atoms with Crippen molar-refractivity contribution in [2.24, 2.45) is 0 Å². The highest BCUT2D eigenvalue weighted by Crippen LogP contribution is 2.24. The maximum atomic E-state index is 5.57. The molecule has 4 rings (SSSR count). The monoisotopic (exact) mass is 738 g/mol. The first-order chi connectivity index (χ1) is 25.2. The topological polar surface area (TPSA) is 72.2 Å². The normalized spacial score (nSPS) is 10.8. The van der Waals surface area contributed by atoms with Crippen molar-refractivity contribution in [1.82, 2.24) is 31.9 Å². The van der Waals surface area contributed by atoms with Crippen molar-refractivity contribution < 1.29 is 0 Å². The molecule has 0 aliphatic rings. The molecule has 52 heavy (non-hydrogen) atoms. The van der Waals surface area contributed by atoms with Crippen LogP contribution in [-0.4, -0.2) is 62.6 Å². The molecule has 6 N–H and O–H groups in total. The van der Waals surface area contributed by atoms with Crippen molar-refractivity contribution in [1.29, 1.82) is 0 Å². The fourth-order valence-electron chi connectivity index (χ4n) is 6.22. The third kappa shape index (κ3) is 17.1. The van der Waals surface area contributed by atoms with Gasteiger partial charge in [-0.1, -0.05) is 148 Å². The van der Waals surface area contributed by atoms with Crippen LogP contribution in [0.1, 0.15) is 86.5 Å². The van der Waals surface area contributed by atoms with Gasteiger partial charge in [0.2, 0.25) is 0 Å². The first-order valence-electron chi connectivity index (χ1n) is 18.9. The van der Waals surface area contributed by atoms with E-state index in [2.05, 4.69) is 153 Å². The minimum atomic E-state index is 0. The third-order valence-corrected chi connectivity index (χ3v) is 9.66. The summed E-state index contributed by atoms with van der Waals surface area (Å²) < 4.78 is 0. The first-order valence-corrected chi connectivity index (χ1v) is 19.7. The zero-order chi connectivity index (χ0) is 35.6. The van der Waals surface area contributed by atoms with E-state index in [1.54, 1.807) is 0 Å². The van der Waals surface area contributed by atoms with Crippen molar-refractivity contribution in [2.45, 2.75) is 64.2 Å². The summed E-state index contributed by atoms with van der Waals surface area (Å²) in [6, 6.07) is 42.5. The second kappa shape index (κ2) is 26.9. The van der Waals surface area contributed by atoms with E-state index in [1.165, 1.54) is 54.4 Å². The Bertz CT molecular complexity index is 1280. The predicted molar refractivity (Wildman–Crippen MR) is 231 cm³/mol. The molecule has 0 fully saturated rings. The summed E-state index contributed by atoms with van der Waals surface area (Å²) in [5.41, 5.74) is 5.17. The second-order valence-electron chi connectivity index (χ2n) is 13.0. The average Bonchev–Trinajstić information content (AvgIpc) is 3.18. The van der Waals surface area contributed by atoms with E-state index in [-0.39, 0.29) is 19.3 Å². The molecular weight excluding hydrogens is 677 g/mol. The molecule has 4 aromatic rings.